The van der Waals surface area contributed by atoms with Crippen molar-refractivity contribution in [1.82, 2.24) is 9.88 Å². The number of amides is 2. The summed E-state index contributed by atoms with van der Waals surface area (Å²) in [6, 6.07) is 13.4. The van der Waals surface area contributed by atoms with Crippen molar-refractivity contribution in [3.63, 3.8) is 0 Å². The summed E-state index contributed by atoms with van der Waals surface area (Å²) in [7, 11) is 1.69. The zero-order chi connectivity index (χ0) is 20.3. The summed E-state index contributed by atoms with van der Waals surface area (Å²) in [5.74, 6) is 0.263. The summed E-state index contributed by atoms with van der Waals surface area (Å²) in [6.07, 6.45) is 0. The topological polar surface area (TPSA) is 57.3 Å². The average molecular weight is 401 g/mol. The zero-order valence-corrected chi connectivity index (χ0v) is 16.7. The summed E-state index contributed by atoms with van der Waals surface area (Å²) >= 11 is 5.78. The summed E-state index contributed by atoms with van der Waals surface area (Å²) < 4.78 is 13.3. The molecule has 3 rings (SSSR count). The van der Waals surface area contributed by atoms with E-state index in [-0.39, 0.29) is 17.1 Å². The second-order valence-corrected chi connectivity index (χ2v) is 6.90. The van der Waals surface area contributed by atoms with E-state index in [1.54, 1.807) is 11.9 Å². The van der Waals surface area contributed by atoms with Gasteiger partial charge in [0.05, 0.1) is 16.8 Å². The number of halogens is 2. The molecule has 5 nitrogen and oxygen atoms in total. The summed E-state index contributed by atoms with van der Waals surface area (Å²) in [5, 5.41) is 8.06. The number of carbonyl (C=O) groups excluding carboxylic acids is 1. The summed E-state index contributed by atoms with van der Waals surface area (Å²) in [6.45, 7) is 4.67. The predicted molar refractivity (Wildman–Crippen MR) is 113 cm³/mol. The molecule has 0 aliphatic carbocycles. The largest absolute Gasteiger partial charge is 0.370 e. The number of rotatable bonds is 5. The van der Waals surface area contributed by atoms with E-state index in [4.69, 9.17) is 16.6 Å². The number of nitrogens with one attached hydrogen (secondary N) is 2. The van der Waals surface area contributed by atoms with Crippen molar-refractivity contribution in [3.05, 3.63) is 65.1 Å². The fourth-order valence-electron chi connectivity index (χ4n) is 2.90. The van der Waals surface area contributed by atoms with Crippen LogP contribution in [0.5, 0.6) is 0 Å². The third-order valence-corrected chi connectivity index (χ3v) is 4.89. The summed E-state index contributed by atoms with van der Waals surface area (Å²) in [4.78, 5) is 18.9. The Hall–Kier alpha value is -2.86. The Bertz CT molecular complexity index is 1010. The molecule has 2 amide bonds. The molecule has 1 heterocycles. The van der Waals surface area contributed by atoms with Crippen molar-refractivity contribution < 1.29 is 9.18 Å². The van der Waals surface area contributed by atoms with Gasteiger partial charge in [-0.05, 0) is 43.5 Å². The van der Waals surface area contributed by atoms with E-state index < -0.39 is 5.82 Å². The second kappa shape index (κ2) is 8.44. The van der Waals surface area contributed by atoms with Crippen LogP contribution in [0.2, 0.25) is 5.02 Å². The van der Waals surface area contributed by atoms with Crippen LogP contribution in [0.3, 0.4) is 0 Å². The second-order valence-electron chi connectivity index (χ2n) is 6.49. The van der Waals surface area contributed by atoms with E-state index in [1.165, 1.54) is 18.2 Å². The van der Waals surface area contributed by atoms with Crippen molar-refractivity contribution in [2.45, 2.75) is 19.9 Å². The van der Waals surface area contributed by atoms with Crippen LogP contribution < -0.4 is 10.6 Å². The highest BCUT2D eigenvalue weighted by atomic mass is 35.5. The zero-order valence-electron chi connectivity index (χ0n) is 16.0. The number of anilines is 2. The monoisotopic (exact) mass is 400 g/mol. The van der Waals surface area contributed by atoms with Crippen LogP contribution >= 0.6 is 11.6 Å². The number of hydrogen-bond acceptors (Lipinski definition) is 3. The molecule has 0 radical (unpaired) electrons. The Morgan fingerprint density at radius 1 is 1.25 bits per heavy atom. The Labute approximate surface area is 168 Å². The molecule has 0 unspecified atom stereocenters. The van der Waals surface area contributed by atoms with Crippen LogP contribution in [-0.2, 0) is 0 Å². The molecule has 0 saturated carbocycles. The molecule has 0 bridgehead atoms. The molecular formula is C21H22ClFN4O. The number of hydrogen-bond donors (Lipinski definition) is 2. The Morgan fingerprint density at radius 2 is 2.00 bits per heavy atom. The number of benzene rings is 2. The van der Waals surface area contributed by atoms with Gasteiger partial charge in [0, 0.05) is 24.7 Å². The molecule has 28 heavy (non-hydrogen) atoms. The van der Waals surface area contributed by atoms with Crippen LogP contribution in [0.25, 0.3) is 10.8 Å². The molecule has 0 spiro atoms. The van der Waals surface area contributed by atoms with Crippen molar-refractivity contribution >= 4 is 39.9 Å². The van der Waals surface area contributed by atoms with Crippen molar-refractivity contribution in [2.75, 3.05) is 24.2 Å². The van der Waals surface area contributed by atoms with Crippen molar-refractivity contribution in [1.29, 1.82) is 0 Å². The molecule has 2 N–H and O–H groups in total. The minimum Gasteiger partial charge on any atom is -0.370 e. The summed E-state index contributed by atoms with van der Waals surface area (Å²) in [5.41, 5.74) is 1.19. The highest BCUT2D eigenvalue weighted by molar-refractivity contribution is 6.31. The molecular weight excluding hydrogens is 379 g/mol. The number of fused-ring (bicyclic) bond motifs is 1. The lowest BCUT2D eigenvalue weighted by atomic mass is 10.1. The minimum atomic E-state index is -0.530. The molecule has 0 fully saturated rings. The lowest BCUT2D eigenvalue weighted by Gasteiger charge is -2.25. The molecule has 146 valence electrons. The van der Waals surface area contributed by atoms with Gasteiger partial charge in [0.25, 0.3) is 0 Å². The van der Waals surface area contributed by atoms with Gasteiger partial charge in [-0.1, -0.05) is 35.9 Å². The van der Waals surface area contributed by atoms with E-state index in [1.807, 2.05) is 44.2 Å². The number of urea groups is 1. The lowest BCUT2D eigenvalue weighted by molar-refractivity contribution is 0.207. The highest BCUT2D eigenvalue weighted by Gasteiger charge is 2.20. The molecule has 1 atom stereocenters. The fraction of sp³-hybridized carbons (Fsp3) is 0.238. The van der Waals surface area contributed by atoms with E-state index in [2.05, 4.69) is 10.6 Å². The van der Waals surface area contributed by atoms with Crippen LogP contribution in [0.4, 0.5) is 20.7 Å². The first-order valence-electron chi connectivity index (χ1n) is 9.03. The average Bonchev–Trinajstić information content (AvgIpc) is 2.69. The van der Waals surface area contributed by atoms with Gasteiger partial charge in [-0.15, -0.1) is 0 Å². The Morgan fingerprint density at radius 3 is 2.71 bits per heavy atom. The smallest absolute Gasteiger partial charge is 0.322 e. The van der Waals surface area contributed by atoms with Crippen LogP contribution in [0, 0.1) is 5.82 Å². The standard InChI is InChI=1S/C21H22ClFN4O/c1-4-24-20-16-8-6-5-7-14(16)11-19(26-20)13(2)27(3)21(28)25-15-9-10-18(23)17(22)12-15/h5-13H,4H2,1-3H3,(H,24,26)(H,25,28)/t13-/m1/s1. The van der Waals surface area contributed by atoms with Gasteiger partial charge >= 0.3 is 6.03 Å². The third kappa shape index (κ3) is 4.17. The first-order chi connectivity index (χ1) is 13.4. The molecule has 3 aromatic rings. The number of carbonyl (C=O) groups is 1. The van der Waals surface area contributed by atoms with Crippen LogP contribution in [0.15, 0.2) is 48.5 Å². The van der Waals surface area contributed by atoms with Crippen molar-refractivity contribution in [2.24, 2.45) is 0 Å². The normalized spacial score (nSPS) is 11.9. The van der Waals surface area contributed by atoms with Gasteiger partial charge in [0.15, 0.2) is 0 Å². The Kier molecular flexibility index (Phi) is 5.99. The Balaban J connectivity index is 1.84. The van der Waals surface area contributed by atoms with Gasteiger partial charge in [-0.3, -0.25) is 0 Å². The first-order valence-corrected chi connectivity index (χ1v) is 9.41. The fourth-order valence-corrected chi connectivity index (χ4v) is 3.08. The number of aromatic nitrogens is 1. The SMILES string of the molecule is CCNc1nc([C@@H](C)N(C)C(=O)Nc2ccc(F)c(Cl)c2)cc2ccccc12. The van der Waals surface area contributed by atoms with E-state index in [0.717, 1.165) is 28.8 Å². The van der Waals surface area contributed by atoms with Gasteiger partial charge in [0.1, 0.15) is 11.6 Å². The molecule has 0 aliphatic rings. The van der Waals surface area contributed by atoms with Crippen LogP contribution in [-0.4, -0.2) is 29.5 Å². The maximum Gasteiger partial charge on any atom is 0.322 e. The predicted octanol–water partition coefficient (Wildman–Crippen LogP) is 5.68. The maximum atomic E-state index is 13.3. The van der Waals surface area contributed by atoms with Gasteiger partial charge < -0.3 is 15.5 Å². The van der Waals surface area contributed by atoms with E-state index >= 15 is 0 Å². The number of nitrogens with zero attached hydrogens (tertiary/aromatic N) is 2. The first kappa shape index (κ1) is 19.9. The third-order valence-electron chi connectivity index (χ3n) is 4.60. The molecule has 7 heteroatoms. The molecule has 2 aromatic carbocycles. The quantitative estimate of drug-likeness (QED) is 0.578. The van der Waals surface area contributed by atoms with Crippen molar-refractivity contribution in [3.8, 4) is 0 Å². The molecule has 0 saturated heterocycles. The molecule has 0 aliphatic heterocycles. The maximum absolute atomic E-state index is 13.3. The number of pyridine rings is 1. The minimum absolute atomic E-state index is 0.0417. The van der Waals surface area contributed by atoms with E-state index in [0.29, 0.717) is 5.69 Å². The highest BCUT2D eigenvalue weighted by Crippen LogP contribution is 2.27. The van der Waals surface area contributed by atoms with Gasteiger partial charge in [-0.25, -0.2) is 14.2 Å². The van der Waals surface area contributed by atoms with Crippen LogP contribution in [0.1, 0.15) is 25.6 Å². The lowest BCUT2D eigenvalue weighted by Crippen LogP contribution is -2.34. The molecule has 1 aromatic heterocycles. The van der Waals surface area contributed by atoms with E-state index in [9.17, 15) is 9.18 Å². The van der Waals surface area contributed by atoms with Gasteiger partial charge in [0.2, 0.25) is 0 Å². The van der Waals surface area contributed by atoms with Gasteiger partial charge in [-0.2, -0.15) is 0 Å².